The zero-order valence-electron chi connectivity index (χ0n) is 55.6. The maximum atomic E-state index is 11.4. The Hall–Kier alpha value is -10.8. The number of carbonyl (C=O) groups is 6. The van der Waals surface area contributed by atoms with Gasteiger partial charge in [0.05, 0.1) is 24.5 Å². The summed E-state index contributed by atoms with van der Waals surface area (Å²) in [6.45, 7) is 8.27. The van der Waals surface area contributed by atoms with Gasteiger partial charge in [0.25, 0.3) is 35.4 Å². The van der Waals surface area contributed by atoms with Crippen LogP contribution in [0.3, 0.4) is 0 Å². The molecule has 9 aliphatic heterocycles. The number of amides is 6. The largest absolute Gasteiger partial charge is 0.343 e. The van der Waals surface area contributed by atoms with Crippen molar-refractivity contribution in [3.05, 3.63) is 248 Å². The van der Waals surface area contributed by atoms with Gasteiger partial charge in [-0.3, -0.25) is 79.2 Å². The molecule has 13 N–H and O–H groups in total. The van der Waals surface area contributed by atoms with Crippen molar-refractivity contribution in [3.63, 3.8) is 0 Å². The van der Waals surface area contributed by atoms with Crippen LogP contribution in [0.2, 0.25) is 0 Å². The fraction of sp³-hybridized carbons (Fsp3) is 0.270. The molecule has 6 amide bonds. The standard InChI is InChI=1S/C13H17N3O2.C13H13N3O2.C12H11N3O2.2C12H14N2O2.C12H10N2O2/c2*1-15-8-10-7-9(13(17)14-18)4-5-11(10)12-3-2-6-16(12)15;16-12(14-17)8-3-4-10-9(6-8)7-13-15-5-1-2-11(10)15;3*15-12(13-16)8-3-4-10-9(6-8)7-14-5-1-2-11(10)14/h4-5,7,12,18H,2-3,6,8H2,1H3,(H,14,17);2-7,18H,8H2,1H3,(H,14,17);1-6,13,17H,7H2,(H,14,16);2*3-4,6,11,16H,1-2,5,7H2,(H,13,15);1-6,16H,7H2,(H,13,15)/t12-;;;2*11-;/m1..10./s1. The van der Waals surface area contributed by atoms with E-state index in [4.69, 9.17) is 31.2 Å². The van der Waals surface area contributed by atoms with Gasteiger partial charge in [0.15, 0.2) is 0 Å². The lowest BCUT2D eigenvalue weighted by Gasteiger charge is -2.39. The number of rotatable bonds is 6. The Bertz CT molecular complexity index is 4560. The van der Waals surface area contributed by atoms with Gasteiger partial charge >= 0.3 is 0 Å². The smallest absolute Gasteiger partial charge is 0.274 e. The van der Waals surface area contributed by atoms with Gasteiger partial charge in [0.2, 0.25) is 0 Å². The van der Waals surface area contributed by atoms with Crippen LogP contribution < -0.4 is 43.3 Å². The number of fused-ring (bicyclic) bond motifs is 18. The molecular weight excluding hydrogens is 1290 g/mol. The number of hydroxylamine groups is 6. The van der Waals surface area contributed by atoms with E-state index in [-0.39, 0.29) is 0 Å². The summed E-state index contributed by atoms with van der Waals surface area (Å²) in [5.41, 5.74) is 33.7. The third-order valence-electron chi connectivity index (χ3n) is 20.2. The van der Waals surface area contributed by atoms with Crippen molar-refractivity contribution in [2.45, 2.75) is 95.9 Å². The zero-order valence-corrected chi connectivity index (χ0v) is 55.6. The van der Waals surface area contributed by atoms with E-state index in [1.807, 2.05) is 127 Å². The minimum atomic E-state index is -0.492. The predicted octanol–water partition coefficient (Wildman–Crippen LogP) is 8.54. The highest BCUT2D eigenvalue weighted by Gasteiger charge is 2.37. The first kappa shape index (κ1) is 68.7. The van der Waals surface area contributed by atoms with Crippen LogP contribution in [0.1, 0.15) is 169 Å². The number of aromatic nitrogens is 3. The van der Waals surface area contributed by atoms with E-state index >= 15 is 0 Å². The molecule has 0 unspecified atom stereocenters. The molecule has 3 aromatic heterocycles. The molecule has 12 heterocycles. The Morgan fingerprint density at radius 1 is 0.376 bits per heavy atom. The van der Waals surface area contributed by atoms with Crippen LogP contribution in [-0.2, 0) is 39.3 Å². The van der Waals surface area contributed by atoms with Crippen LogP contribution in [0, 0.1) is 0 Å². The summed E-state index contributed by atoms with van der Waals surface area (Å²) in [6, 6.07) is 47.0. The van der Waals surface area contributed by atoms with Gasteiger partial charge in [-0.15, -0.1) is 0 Å². The second-order valence-electron chi connectivity index (χ2n) is 26.1. The van der Waals surface area contributed by atoms with E-state index < -0.39 is 35.4 Å². The monoisotopic (exact) mass is 1370 g/mol. The van der Waals surface area contributed by atoms with Gasteiger partial charge in [0.1, 0.15) is 0 Å². The average Bonchev–Trinajstić information content (AvgIpc) is 1.61. The predicted molar refractivity (Wildman–Crippen MR) is 369 cm³/mol. The molecule has 27 nitrogen and oxygen atoms in total. The van der Waals surface area contributed by atoms with Crippen molar-refractivity contribution < 1.29 is 60.0 Å². The molecular formula is C74H79N15O12. The highest BCUT2D eigenvalue weighted by Crippen LogP contribution is 2.44. The summed E-state index contributed by atoms with van der Waals surface area (Å²) in [7, 11) is 4.07. The molecule has 6 aromatic carbocycles. The number of nitrogens with one attached hydrogen (secondary N) is 7. The van der Waals surface area contributed by atoms with Crippen LogP contribution in [-0.4, -0.2) is 134 Å². The molecule has 0 bridgehead atoms. The van der Waals surface area contributed by atoms with Crippen LogP contribution >= 0.6 is 0 Å². The highest BCUT2D eigenvalue weighted by atomic mass is 16.5. The van der Waals surface area contributed by atoms with Crippen molar-refractivity contribution in [2.75, 3.05) is 44.2 Å². The molecule has 18 rings (SSSR count). The summed E-state index contributed by atoms with van der Waals surface area (Å²) in [5, 5.41) is 58.4. The highest BCUT2D eigenvalue weighted by molar-refractivity contribution is 5.97. The third kappa shape index (κ3) is 14.0. The van der Waals surface area contributed by atoms with Gasteiger partial charge in [-0.05, 0) is 211 Å². The molecule has 522 valence electrons. The number of carbonyl (C=O) groups excluding carboxylic acids is 6. The normalized spacial score (nSPS) is 17.7. The maximum absolute atomic E-state index is 11.4. The summed E-state index contributed by atoms with van der Waals surface area (Å²) in [4.78, 5) is 72.9. The van der Waals surface area contributed by atoms with E-state index in [9.17, 15) is 28.8 Å². The summed E-state index contributed by atoms with van der Waals surface area (Å²) < 4.78 is 6.16. The van der Waals surface area contributed by atoms with E-state index in [2.05, 4.69) is 52.6 Å². The van der Waals surface area contributed by atoms with E-state index in [0.29, 0.717) is 58.1 Å². The second-order valence-corrected chi connectivity index (χ2v) is 26.1. The Balaban J connectivity index is 0.000000108. The number of nitrogens with zero attached hydrogens (tertiary/aromatic N) is 8. The van der Waals surface area contributed by atoms with Crippen LogP contribution in [0.25, 0.3) is 33.8 Å². The van der Waals surface area contributed by atoms with Gasteiger partial charge < -0.3 is 15.0 Å². The van der Waals surface area contributed by atoms with Crippen LogP contribution in [0.15, 0.2) is 164 Å². The molecule has 101 heavy (non-hydrogen) atoms. The summed E-state index contributed by atoms with van der Waals surface area (Å²) in [6.07, 6.45) is 13.3. The fourth-order valence-corrected chi connectivity index (χ4v) is 15.5. The quantitative estimate of drug-likeness (QED) is 0.0547. The van der Waals surface area contributed by atoms with Gasteiger partial charge in [0, 0.05) is 139 Å². The number of benzene rings is 6. The third-order valence-corrected chi connectivity index (χ3v) is 20.2. The topological polar surface area (TPSA) is 339 Å². The molecule has 9 aromatic rings. The minimum Gasteiger partial charge on any atom is -0.343 e. The molecule has 27 heteroatoms. The van der Waals surface area contributed by atoms with Gasteiger partial charge in [-0.25, -0.2) is 42.9 Å². The van der Waals surface area contributed by atoms with E-state index in [1.54, 1.807) is 75.3 Å². The van der Waals surface area contributed by atoms with Gasteiger partial charge in [-0.1, -0.05) is 36.4 Å². The first-order valence-corrected chi connectivity index (χ1v) is 33.4. The Morgan fingerprint density at radius 2 is 0.752 bits per heavy atom. The number of hydrogen-bond acceptors (Lipinski definition) is 18. The van der Waals surface area contributed by atoms with Crippen molar-refractivity contribution in [1.29, 1.82) is 0 Å². The molecule has 3 fully saturated rings. The van der Waals surface area contributed by atoms with Crippen LogP contribution in [0.5, 0.6) is 0 Å². The second kappa shape index (κ2) is 29.9. The molecule has 3 atom stereocenters. The lowest BCUT2D eigenvalue weighted by molar-refractivity contribution is -0.0343. The minimum absolute atomic E-state index is 0.435. The maximum Gasteiger partial charge on any atom is 0.274 e. The summed E-state index contributed by atoms with van der Waals surface area (Å²) in [5.74, 6) is -2.77. The number of hydrazine groups is 1. The first-order valence-electron chi connectivity index (χ1n) is 33.4. The van der Waals surface area contributed by atoms with Gasteiger partial charge in [-0.2, -0.15) is 0 Å². The SMILES string of the molecule is CN1Cc2cc(C(=O)NO)ccc2-c2cccn21.CN1Cc2cc(C(=O)NO)ccc2[C@H]2CCCN21.O=C(NO)c1ccc2c(c1)CN1CCC[C@@H]21.O=C(NO)c1ccc2c(c1)CN1CCC[C@H]21.O=C(NO)c1ccc2c(c1)CNn1cccc1-2.O=C(NO)c1ccc2c(c1)Cn1cccc1-2. The lowest BCUT2D eigenvalue weighted by atomic mass is 9.95. The zero-order chi connectivity index (χ0) is 70.6. The molecule has 9 aliphatic rings. The molecule has 0 aliphatic carbocycles. The van der Waals surface area contributed by atoms with Crippen molar-refractivity contribution in [3.8, 4) is 33.8 Å². The molecule has 3 saturated heterocycles. The average molecular weight is 1370 g/mol. The molecule has 0 radical (unpaired) electrons. The van der Waals surface area contributed by atoms with Crippen molar-refractivity contribution in [1.82, 2.24) is 66.6 Å². The Labute approximate surface area is 581 Å². The van der Waals surface area contributed by atoms with Crippen LogP contribution in [0.4, 0.5) is 0 Å². The Kier molecular flexibility index (Phi) is 20.4. The summed E-state index contributed by atoms with van der Waals surface area (Å²) >= 11 is 0. The lowest BCUT2D eigenvalue weighted by Crippen LogP contribution is -2.42. The number of hydrogen-bond donors (Lipinski definition) is 13. The van der Waals surface area contributed by atoms with Crippen molar-refractivity contribution in [2.24, 2.45) is 0 Å². The van der Waals surface area contributed by atoms with E-state index in [1.165, 1.54) is 77.6 Å². The fourth-order valence-electron chi connectivity index (χ4n) is 15.5. The molecule has 0 spiro atoms. The van der Waals surface area contributed by atoms with E-state index in [0.717, 1.165) is 97.1 Å². The first-order chi connectivity index (χ1) is 49.1. The Morgan fingerprint density at radius 3 is 1.27 bits per heavy atom. The molecule has 0 saturated carbocycles. The van der Waals surface area contributed by atoms with Crippen molar-refractivity contribution >= 4 is 35.4 Å².